The summed E-state index contributed by atoms with van der Waals surface area (Å²) in [4.78, 5) is 15.4. The van der Waals surface area contributed by atoms with Crippen LogP contribution < -0.4 is 10.6 Å². The van der Waals surface area contributed by atoms with E-state index in [2.05, 4.69) is 15.9 Å². The van der Waals surface area contributed by atoms with Gasteiger partial charge in [-0.2, -0.15) is 13.2 Å². The second kappa shape index (κ2) is 9.85. The molecule has 1 aliphatic rings. The molecule has 4 nitrogen and oxygen atoms in total. The van der Waals surface area contributed by atoms with Gasteiger partial charge in [-0.1, -0.05) is 22.9 Å². The molecule has 2 N–H and O–H groups in total. The number of halogens is 6. The third-order valence-corrected chi connectivity index (χ3v) is 4.46. The molecule has 1 saturated heterocycles. The molecule has 0 radical (unpaired) electrons. The van der Waals surface area contributed by atoms with Gasteiger partial charge in [0.25, 0.3) is 0 Å². The van der Waals surface area contributed by atoms with E-state index in [4.69, 9.17) is 5.73 Å². The van der Waals surface area contributed by atoms with Gasteiger partial charge in [0.2, 0.25) is 5.91 Å². The first kappa shape index (κ1) is 24.3. The van der Waals surface area contributed by atoms with Crippen LogP contribution in [-0.2, 0) is 11.0 Å². The van der Waals surface area contributed by atoms with Crippen LogP contribution >= 0.6 is 40.7 Å². The van der Waals surface area contributed by atoms with Crippen LogP contribution in [0.5, 0.6) is 0 Å². The van der Waals surface area contributed by atoms with Crippen molar-refractivity contribution in [2.45, 2.75) is 13.1 Å². The number of alkyl halides is 3. The van der Waals surface area contributed by atoms with Gasteiger partial charge in [0, 0.05) is 48.8 Å². The molecule has 25 heavy (non-hydrogen) atoms. The molecule has 1 amide bonds. The highest BCUT2D eigenvalue weighted by Gasteiger charge is 2.36. The molecule has 144 valence electrons. The average molecular weight is 467 g/mol. The molecule has 1 aromatic carbocycles. The smallest absolute Gasteiger partial charge is 0.367 e. The number of nitrogens with zero attached hydrogens (tertiary/aromatic N) is 2. The van der Waals surface area contributed by atoms with E-state index >= 15 is 0 Å². The Morgan fingerprint density at radius 2 is 1.80 bits per heavy atom. The summed E-state index contributed by atoms with van der Waals surface area (Å²) in [6, 6.07) is 4.15. The van der Waals surface area contributed by atoms with E-state index in [0.29, 0.717) is 30.7 Å². The van der Waals surface area contributed by atoms with E-state index in [9.17, 15) is 18.0 Å². The van der Waals surface area contributed by atoms with Crippen LogP contribution in [-0.4, -0.2) is 43.5 Å². The fraction of sp³-hybridized carbons (Fsp3) is 0.533. The Morgan fingerprint density at radius 1 is 1.24 bits per heavy atom. The van der Waals surface area contributed by atoms with E-state index in [1.165, 1.54) is 6.07 Å². The number of piperazine rings is 1. The molecule has 1 heterocycles. The topological polar surface area (TPSA) is 49.6 Å². The van der Waals surface area contributed by atoms with Gasteiger partial charge in [0.05, 0.1) is 5.56 Å². The number of amides is 1. The monoisotopic (exact) mass is 465 g/mol. The van der Waals surface area contributed by atoms with E-state index in [-0.39, 0.29) is 48.9 Å². The maximum absolute atomic E-state index is 13.2. The van der Waals surface area contributed by atoms with Crippen LogP contribution in [0, 0.1) is 5.92 Å². The SMILES string of the molecule is CC(CN)C(=O)N1CCN(c2ccc(Br)cc2C(F)(F)F)CC1.Cl.Cl. The van der Waals surface area contributed by atoms with Crippen LogP contribution in [0.2, 0.25) is 0 Å². The van der Waals surface area contributed by atoms with Crippen LogP contribution in [0.3, 0.4) is 0 Å². The van der Waals surface area contributed by atoms with Gasteiger partial charge in [-0.3, -0.25) is 4.79 Å². The molecule has 0 saturated carbocycles. The van der Waals surface area contributed by atoms with Crippen LogP contribution in [0.1, 0.15) is 12.5 Å². The number of hydrogen-bond acceptors (Lipinski definition) is 3. The van der Waals surface area contributed by atoms with E-state index < -0.39 is 11.7 Å². The molecule has 0 aromatic heterocycles. The van der Waals surface area contributed by atoms with Crippen LogP contribution in [0.4, 0.5) is 18.9 Å². The van der Waals surface area contributed by atoms with E-state index in [1.807, 2.05) is 0 Å². The van der Waals surface area contributed by atoms with Crippen molar-refractivity contribution in [3.8, 4) is 0 Å². The maximum Gasteiger partial charge on any atom is 0.418 e. The number of hydrogen-bond donors (Lipinski definition) is 1. The van der Waals surface area contributed by atoms with Crippen molar-refractivity contribution in [2.75, 3.05) is 37.6 Å². The third-order valence-electron chi connectivity index (χ3n) is 3.97. The Labute approximate surface area is 165 Å². The van der Waals surface area contributed by atoms with Crippen molar-refractivity contribution in [2.24, 2.45) is 11.7 Å². The highest BCUT2D eigenvalue weighted by atomic mass is 79.9. The summed E-state index contributed by atoms with van der Waals surface area (Å²) < 4.78 is 40.0. The minimum atomic E-state index is -4.42. The van der Waals surface area contributed by atoms with Gasteiger partial charge in [0.1, 0.15) is 0 Å². The summed E-state index contributed by atoms with van der Waals surface area (Å²) in [5.41, 5.74) is 4.98. The number of benzene rings is 1. The average Bonchev–Trinajstić information content (AvgIpc) is 2.52. The predicted molar refractivity (Wildman–Crippen MR) is 101 cm³/mol. The Morgan fingerprint density at radius 3 is 2.28 bits per heavy atom. The van der Waals surface area contributed by atoms with Gasteiger partial charge in [0.15, 0.2) is 0 Å². The van der Waals surface area contributed by atoms with Crippen molar-refractivity contribution in [3.05, 3.63) is 28.2 Å². The molecule has 0 spiro atoms. The number of rotatable bonds is 3. The number of carbonyl (C=O) groups excluding carboxylic acids is 1. The highest BCUT2D eigenvalue weighted by molar-refractivity contribution is 9.10. The largest absolute Gasteiger partial charge is 0.418 e. The van der Waals surface area contributed by atoms with Gasteiger partial charge in [-0.15, -0.1) is 24.8 Å². The minimum Gasteiger partial charge on any atom is -0.367 e. The van der Waals surface area contributed by atoms with Crippen molar-refractivity contribution in [1.29, 1.82) is 0 Å². The molecule has 1 aromatic rings. The summed E-state index contributed by atoms with van der Waals surface area (Å²) >= 11 is 3.08. The lowest BCUT2D eigenvalue weighted by Crippen LogP contribution is -2.51. The van der Waals surface area contributed by atoms with E-state index in [0.717, 1.165) is 6.07 Å². The molecule has 2 rings (SSSR count). The first-order valence-corrected chi connectivity index (χ1v) is 8.14. The highest BCUT2D eigenvalue weighted by Crippen LogP contribution is 2.38. The summed E-state index contributed by atoms with van der Waals surface area (Å²) in [5, 5.41) is 0. The van der Waals surface area contributed by atoms with Gasteiger partial charge < -0.3 is 15.5 Å². The Bertz CT molecular complexity index is 582. The quantitative estimate of drug-likeness (QED) is 0.740. The summed E-state index contributed by atoms with van der Waals surface area (Å²) in [7, 11) is 0. The fourth-order valence-corrected chi connectivity index (χ4v) is 2.95. The van der Waals surface area contributed by atoms with Gasteiger partial charge in [-0.05, 0) is 18.2 Å². The van der Waals surface area contributed by atoms with Crippen molar-refractivity contribution >= 4 is 52.3 Å². The second-order valence-corrected chi connectivity index (χ2v) is 6.52. The summed E-state index contributed by atoms with van der Waals surface area (Å²) in [6.07, 6.45) is -4.42. The zero-order valence-corrected chi connectivity index (χ0v) is 16.8. The lowest BCUT2D eigenvalue weighted by atomic mass is 10.1. The minimum absolute atomic E-state index is 0. The standard InChI is InChI=1S/C15H19BrF3N3O.2ClH/c1-10(9-20)14(23)22-6-4-21(5-7-22)13-3-2-11(16)8-12(13)15(17,18)19;;/h2-3,8,10H,4-7,9,20H2,1H3;2*1H. The molecule has 0 bridgehead atoms. The number of anilines is 1. The Hall–Kier alpha value is -0.700. The lowest BCUT2D eigenvalue weighted by molar-refractivity contribution is -0.138. The maximum atomic E-state index is 13.2. The van der Waals surface area contributed by atoms with Gasteiger partial charge >= 0.3 is 6.18 Å². The molecule has 0 aliphatic carbocycles. The molecule has 1 unspecified atom stereocenters. The van der Waals surface area contributed by atoms with Crippen molar-refractivity contribution < 1.29 is 18.0 Å². The fourth-order valence-electron chi connectivity index (χ4n) is 2.59. The van der Waals surface area contributed by atoms with Crippen LogP contribution in [0.15, 0.2) is 22.7 Å². The zero-order valence-electron chi connectivity index (χ0n) is 13.6. The summed E-state index contributed by atoms with van der Waals surface area (Å²) in [6.45, 7) is 3.56. The Kier molecular flexibility index (Phi) is 9.57. The Balaban J connectivity index is 0.00000288. The molecular formula is C15H21BrCl2F3N3O. The molecule has 10 heteroatoms. The normalized spacial score (nSPS) is 15.9. The first-order chi connectivity index (χ1) is 10.7. The van der Waals surface area contributed by atoms with Crippen molar-refractivity contribution in [1.82, 2.24) is 4.90 Å². The molecule has 1 fully saturated rings. The molecular weight excluding hydrogens is 446 g/mol. The van der Waals surface area contributed by atoms with Crippen molar-refractivity contribution in [3.63, 3.8) is 0 Å². The summed E-state index contributed by atoms with van der Waals surface area (Å²) in [5.74, 6) is -0.307. The predicted octanol–water partition coefficient (Wildman–Crippen LogP) is 3.55. The van der Waals surface area contributed by atoms with E-state index in [1.54, 1.807) is 22.8 Å². The first-order valence-electron chi connectivity index (χ1n) is 7.34. The molecule has 1 aliphatic heterocycles. The number of carbonyl (C=O) groups is 1. The molecule has 1 atom stereocenters. The second-order valence-electron chi connectivity index (χ2n) is 5.61. The lowest BCUT2D eigenvalue weighted by Gasteiger charge is -2.38. The van der Waals surface area contributed by atoms with Crippen LogP contribution in [0.25, 0.3) is 0 Å². The third kappa shape index (κ3) is 5.91. The number of nitrogens with two attached hydrogens (primary N) is 1. The van der Waals surface area contributed by atoms with Gasteiger partial charge in [-0.25, -0.2) is 0 Å². The zero-order chi connectivity index (χ0) is 17.2.